The Balaban J connectivity index is 0.000000113. The zero-order valence-electron chi connectivity index (χ0n) is 76.4. The van der Waals surface area contributed by atoms with Crippen molar-refractivity contribution in [3.63, 3.8) is 0 Å². The van der Waals surface area contributed by atoms with Gasteiger partial charge >= 0.3 is 0 Å². The van der Waals surface area contributed by atoms with Gasteiger partial charge in [-0.05, 0) is 182 Å². The van der Waals surface area contributed by atoms with Crippen molar-refractivity contribution in [2.75, 3.05) is 0 Å². The number of hydrogen-bond donors (Lipinski definition) is 0. The van der Waals surface area contributed by atoms with Crippen LogP contribution < -0.4 is 0 Å². The van der Waals surface area contributed by atoms with Gasteiger partial charge < -0.3 is 9.13 Å². The van der Waals surface area contributed by atoms with E-state index in [1.165, 1.54) is 137 Å². The van der Waals surface area contributed by atoms with Crippen molar-refractivity contribution in [2.24, 2.45) is 0 Å². The molecule has 0 unspecified atom stereocenters. The van der Waals surface area contributed by atoms with Crippen molar-refractivity contribution < 1.29 is 0 Å². The highest BCUT2D eigenvalue weighted by atomic mass is 15.0. The lowest BCUT2D eigenvalue weighted by Gasteiger charge is -2.22. The van der Waals surface area contributed by atoms with Gasteiger partial charge in [0.25, 0.3) is 0 Å². The highest BCUT2D eigenvalue weighted by Gasteiger charge is 2.26. The minimum atomic E-state index is -0.193. The van der Waals surface area contributed by atoms with Gasteiger partial charge in [0.05, 0.1) is 27.8 Å². The lowest BCUT2D eigenvalue weighted by atomic mass is 9.82. The summed E-state index contributed by atoms with van der Waals surface area (Å²) in [6, 6.07) is 145. The van der Waals surface area contributed by atoms with E-state index in [9.17, 15) is 0 Å². The average Bonchev–Trinajstić information content (AvgIpc) is 1.61. The molecule has 0 aliphatic rings. The molecule has 0 radical (unpaired) electrons. The van der Waals surface area contributed by atoms with Gasteiger partial charge in [0, 0.05) is 66.1 Å². The van der Waals surface area contributed by atoms with Crippen LogP contribution >= 0.6 is 0 Å². The van der Waals surface area contributed by atoms with Crippen molar-refractivity contribution in [3.8, 4) is 78.8 Å². The van der Waals surface area contributed by atoms with Gasteiger partial charge in [-0.1, -0.05) is 438 Å². The molecule has 4 heterocycles. The molecule has 0 aliphatic heterocycles. The third-order valence-electron chi connectivity index (χ3n) is 24.3. The summed E-state index contributed by atoms with van der Waals surface area (Å²) in [6.45, 7) is 33.5. The van der Waals surface area contributed by atoms with Crippen molar-refractivity contribution in [1.29, 1.82) is 0 Å². The van der Waals surface area contributed by atoms with E-state index < -0.39 is 0 Å². The van der Waals surface area contributed by atoms with E-state index in [4.69, 9.17) is 19.9 Å². The Bertz CT molecular complexity index is 7370. The molecule has 0 N–H and O–H groups in total. The third kappa shape index (κ3) is 18.5. The van der Waals surface area contributed by atoms with E-state index in [1.807, 2.05) is 12.1 Å². The predicted octanol–water partition coefficient (Wildman–Crippen LogP) is 33.3. The molecular weight excluding hydrogens is 1550 g/mol. The lowest BCUT2D eigenvalue weighted by Crippen LogP contribution is -2.18. The zero-order chi connectivity index (χ0) is 89.1. The van der Waals surface area contributed by atoms with Gasteiger partial charge in [-0.3, -0.25) is 4.98 Å². The number of nitrogens with zero attached hydrogens (tertiary/aromatic N) is 6. The zero-order valence-corrected chi connectivity index (χ0v) is 76.4. The monoisotopic (exact) mass is 1660 g/mol. The number of fused-ring (bicyclic) bond motifs is 10. The van der Waals surface area contributed by atoms with Crippen LogP contribution in [0, 0.1) is 0 Å². The van der Waals surface area contributed by atoms with Crippen LogP contribution in [-0.2, 0) is 27.1 Å². The summed E-state index contributed by atoms with van der Waals surface area (Å²) >= 11 is 0. The van der Waals surface area contributed by atoms with Crippen LogP contribution in [0.2, 0.25) is 0 Å². The topological polar surface area (TPSA) is 61.4 Å². The van der Waals surface area contributed by atoms with Crippen LogP contribution in [0.25, 0.3) is 165 Å². The lowest BCUT2D eigenvalue weighted by molar-refractivity contribution is 0.544. The predicted molar refractivity (Wildman–Crippen MR) is 548 cm³/mol. The van der Waals surface area contributed by atoms with Crippen molar-refractivity contribution in [2.45, 2.75) is 131 Å². The Hall–Kier alpha value is -14.5. The van der Waals surface area contributed by atoms with Crippen LogP contribution in [0.4, 0.5) is 0 Å². The number of hydrogen-bond acceptors (Lipinski definition) is 4. The molecule has 0 amide bonds. The highest BCUT2D eigenvalue weighted by Crippen LogP contribution is 2.42. The second kappa shape index (κ2) is 35.9. The largest absolute Gasteiger partial charge is 0.309 e. The molecular formula is C122H112N6. The standard InChI is InChI=1S/C28H25N.C27H23N3.C26H23N.C21H21N.C20H20/c1-28(2,3)22-16-13-20(14-17-22)21-15-18-27-25(19-21)24-11-7-8-12-26(24)29(27)23-9-5-4-6-10-23;1-27(2,3)26-29-24(22-16-8-12-18-10-4-6-14-20(18)22)28-25(30-26)23-17-9-13-19-11-5-7-15-21(19)23;1-26(2,3)20-13-15-25-23(17-20)22-10-6-7-11-24(22)27(25)21-14-12-18-8-4-5-9-19(18)16-21;1-21(2,3)20-15-18(16-10-6-4-7-11-16)14-19(22-20)17-12-8-5-9-13-17;1-20(2,3)19-14-13-16(15-9-5-4-6-10-15)17-11-7-8-12-18(17)19/h4-19H,1-3H3;4-17H,1-3H3;4-17H,1-3H3;4-15H,1-3H3;4-14H,1-3H3. The van der Waals surface area contributed by atoms with Gasteiger partial charge in [0.1, 0.15) is 5.82 Å². The van der Waals surface area contributed by atoms with Crippen LogP contribution in [-0.4, -0.2) is 29.1 Å². The fourth-order valence-corrected chi connectivity index (χ4v) is 17.3. The number of rotatable bonds is 8. The van der Waals surface area contributed by atoms with Crippen LogP contribution in [0.1, 0.15) is 132 Å². The van der Waals surface area contributed by atoms with Crippen LogP contribution in [0.15, 0.2) is 406 Å². The van der Waals surface area contributed by atoms with E-state index >= 15 is 0 Å². The van der Waals surface area contributed by atoms with Crippen molar-refractivity contribution >= 4 is 86.7 Å². The minimum Gasteiger partial charge on any atom is -0.309 e. The third-order valence-corrected chi connectivity index (χ3v) is 24.3. The van der Waals surface area contributed by atoms with Gasteiger partial charge in [0.2, 0.25) is 0 Å². The molecule has 4 aromatic heterocycles. The molecule has 0 fully saturated rings. The van der Waals surface area contributed by atoms with Gasteiger partial charge in [0.15, 0.2) is 11.6 Å². The Labute approximate surface area is 755 Å². The molecule has 630 valence electrons. The molecule has 21 rings (SSSR count). The summed E-state index contributed by atoms with van der Waals surface area (Å²) in [4.78, 5) is 19.7. The maximum Gasteiger partial charge on any atom is 0.164 e. The number of pyridine rings is 1. The second-order valence-corrected chi connectivity index (χ2v) is 38.7. The first kappa shape index (κ1) is 85.7. The molecule has 0 saturated heterocycles. The SMILES string of the molecule is CC(C)(C)c1cc(-c2ccccc2)cc(-c2ccccc2)n1.CC(C)(C)c1ccc(-c2ccc3c(c2)c2ccccc2n3-c2ccccc2)cc1.CC(C)(C)c1ccc(-c2ccccc2)c2ccccc12.CC(C)(C)c1ccc2c(c1)c1ccccc1n2-c1ccc2ccccc2c1.CC(C)(C)c1nc(-c2cccc3ccccc23)nc(-c2cccc3ccccc23)n1. The van der Waals surface area contributed by atoms with Gasteiger partial charge in [-0.2, -0.15) is 0 Å². The highest BCUT2D eigenvalue weighted by molar-refractivity contribution is 6.12. The van der Waals surface area contributed by atoms with E-state index in [0.29, 0.717) is 0 Å². The number of aromatic nitrogens is 6. The molecule has 0 atom stereocenters. The molecule has 0 spiro atoms. The van der Waals surface area contributed by atoms with Crippen LogP contribution in [0.3, 0.4) is 0 Å². The Morgan fingerprint density at radius 3 is 1.16 bits per heavy atom. The fourth-order valence-electron chi connectivity index (χ4n) is 17.3. The van der Waals surface area contributed by atoms with Crippen LogP contribution in [0.5, 0.6) is 0 Å². The smallest absolute Gasteiger partial charge is 0.164 e. The Morgan fingerprint density at radius 1 is 0.195 bits per heavy atom. The molecule has 0 bridgehead atoms. The molecule has 17 aromatic carbocycles. The normalized spacial score (nSPS) is 11.9. The molecule has 6 heteroatoms. The van der Waals surface area contributed by atoms with Crippen molar-refractivity contribution in [1.82, 2.24) is 29.1 Å². The quantitative estimate of drug-likeness (QED) is 0.152. The summed E-state index contributed by atoms with van der Waals surface area (Å²) in [5.74, 6) is 2.23. The molecule has 0 aliphatic carbocycles. The first-order chi connectivity index (χ1) is 61.7. The van der Waals surface area contributed by atoms with E-state index in [2.05, 4.69) is 507 Å². The summed E-state index contributed by atoms with van der Waals surface area (Å²) in [7, 11) is 0. The average molecular weight is 1660 g/mol. The molecule has 128 heavy (non-hydrogen) atoms. The van der Waals surface area contributed by atoms with E-state index in [-0.39, 0.29) is 27.1 Å². The summed E-state index contributed by atoms with van der Waals surface area (Å²) in [6.07, 6.45) is 0. The summed E-state index contributed by atoms with van der Waals surface area (Å²) < 4.78 is 4.75. The van der Waals surface area contributed by atoms with Gasteiger partial charge in [-0.25, -0.2) is 15.0 Å². The van der Waals surface area contributed by atoms with Gasteiger partial charge in [-0.15, -0.1) is 0 Å². The maximum atomic E-state index is 4.97. The molecule has 6 nitrogen and oxygen atoms in total. The summed E-state index contributed by atoms with van der Waals surface area (Å²) in [5.41, 5.74) is 24.8. The van der Waals surface area contributed by atoms with E-state index in [1.54, 1.807) is 0 Å². The maximum absolute atomic E-state index is 4.97. The molecule has 21 aromatic rings. The number of benzene rings is 17. The molecule has 0 saturated carbocycles. The first-order valence-corrected chi connectivity index (χ1v) is 44.8. The Morgan fingerprint density at radius 2 is 0.617 bits per heavy atom. The fraction of sp³-hybridized carbons (Fsp3) is 0.164. The first-order valence-electron chi connectivity index (χ1n) is 44.8. The summed E-state index contributed by atoms with van der Waals surface area (Å²) in [5, 5.41) is 15.1. The Kier molecular flexibility index (Phi) is 24.0. The minimum absolute atomic E-state index is 0.0221. The van der Waals surface area contributed by atoms with Crippen molar-refractivity contribution in [3.05, 3.63) is 435 Å². The van der Waals surface area contributed by atoms with E-state index in [0.717, 1.165) is 56.3 Å². The number of para-hydroxylation sites is 3. The second-order valence-electron chi connectivity index (χ2n) is 38.7.